The summed E-state index contributed by atoms with van der Waals surface area (Å²) in [6.45, 7) is 0. The Kier molecular flexibility index (Phi) is 5.03. The molecule has 0 saturated heterocycles. The smallest absolute Gasteiger partial charge is 0.267 e. The van der Waals surface area contributed by atoms with Crippen molar-refractivity contribution in [2.45, 2.75) is 37.8 Å². The largest absolute Gasteiger partial charge is 0.349 e. The predicted octanol–water partition coefficient (Wildman–Crippen LogP) is 3.10. The van der Waals surface area contributed by atoms with Crippen LogP contribution in [0.4, 0.5) is 0 Å². The average molecular weight is 414 g/mol. The highest BCUT2D eigenvalue weighted by Crippen LogP contribution is 2.28. The van der Waals surface area contributed by atoms with E-state index >= 15 is 0 Å². The summed E-state index contributed by atoms with van der Waals surface area (Å²) in [5.41, 5.74) is 3.80. The molecule has 3 heterocycles. The fourth-order valence-corrected chi connectivity index (χ4v) is 4.17. The molecule has 8 nitrogen and oxygen atoms in total. The van der Waals surface area contributed by atoms with Gasteiger partial charge in [-0.15, -0.1) is 0 Å². The number of H-pyrrole nitrogens is 1. The van der Waals surface area contributed by atoms with E-state index in [-0.39, 0.29) is 23.6 Å². The van der Waals surface area contributed by atoms with Crippen LogP contribution >= 0.6 is 0 Å². The summed E-state index contributed by atoms with van der Waals surface area (Å²) in [6, 6.07) is 12.6. The molecule has 0 spiro atoms. The van der Waals surface area contributed by atoms with Crippen LogP contribution in [0.1, 0.15) is 42.1 Å². The molecule has 1 amide bonds. The van der Waals surface area contributed by atoms with Crippen LogP contribution in [0.5, 0.6) is 0 Å². The number of hydrogen-bond donors (Lipinski definition) is 2. The van der Waals surface area contributed by atoms with E-state index in [1.807, 2.05) is 24.3 Å². The first kappa shape index (κ1) is 19.2. The number of carbonyl (C=O) groups is 1. The topological polar surface area (TPSA) is 106 Å². The Labute approximate surface area is 178 Å². The molecule has 0 unspecified atom stereocenters. The molecule has 156 valence electrons. The minimum Gasteiger partial charge on any atom is -0.349 e. The van der Waals surface area contributed by atoms with Gasteiger partial charge in [-0.3, -0.25) is 14.6 Å². The van der Waals surface area contributed by atoms with Crippen LogP contribution in [0.25, 0.3) is 22.3 Å². The van der Waals surface area contributed by atoms with E-state index in [2.05, 4.69) is 25.4 Å². The number of carbonyl (C=O) groups excluding carboxylic acids is 1. The summed E-state index contributed by atoms with van der Waals surface area (Å²) < 4.78 is 1.59. The minimum absolute atomic E-state index is 0.0265. The standard InChI is InChI=1S/C23H22N6O2/c30-22-10-9-19(16-2-1-11-24-13-16)28-29(22)18-6-4-17(5-7-18)27-23(31)15-3-8-20-21(12-15)26-14-25-20/h1-3,8-14,17-18H,4-7H2,(H,25,26)(H,27,31). The van der Waals surface area contributed by atoms with Crippen LogP contribution in [0.2, 0.25) is 0 Å². The van der Waals surface area contributed by atoms with Crippen molar-refractivity contribution in [3.63, 3.8) is 0 Å². The van der Waals surface area contributed by atoms with Crippen molar-refractivity contribution in [1.82, 2.24) is 30.0 Å². The zero-order valence-corrected chi connectivity index (χ0v) is 16.9. The zero-order chi connectivity index (χ0) is 21.2. The highest BCUT2D eigenvalue weighted by atomic mass is 16.1. The molecule has 8 heteroatoms. The molecule has 2 N–H and O–H groups in total. The Hall–Kier alpha value is -3.81. The molecule has 0 aliphatic heterocycles. The summed E-state index contributed by atoms with van der Waals surface area (Å²) in [6.07, 6.45) is 8.24. The third-order valence-electron chi connectivity index (χ3n) is 5.84. The summed E-state index contributed by atoms with van der Waals surface area (Å²) >= 11 is 0. The van der Waals surface area contributed by atoms with E-state index in [1.165, 1.54) is 0 Å². The summed E-state index contributed by atoms with van der Waals surface area (Å²) in [5.74, 6) is -0.0891. The molecule has 5 rings (SSSR count). The summed E-state index contributed by atoms with van der Waals surface area (Å²) in [5, 5.41) is 7.72. The molecule has 1 aliphatic rings. The van der Waals surface area contributed by atoms with Crippen molar-refractivity contribution in [1.29, 1.82) is 0 Å². The first-order valence-corrected chi connectivity index (χ1v) is 10.4. The second-order valence-corrected chi connectivity index (χ2v) is 7.86. The van der Waals surface area contributed by atoms with Crippen molar-refractivity contribution >= 4 is 16.9 Å². The fraction of sp³-hybridized carbons (Fsp3) is 0.261. The summed E-state index contributed by atoms with van der Waals surface area (Å²) in [4.78, 5) is 36.4. The van der Waals surface area contributed by atoms with Crippen LogP contribution in [0.3, 0.4) is 0 Å². The first-order chi connectivity index (χ1) is 15.2. The Morgan fingerprint density at radius 3 is 2.77 bits per heavy atom. The molecule has 31 heavy (non-hydrogen) atoms. The normalized spacial score (nSPS) is 18.7. The van der Waals surface area contributed by atoms with Crippen molar-refractivity contribution in [3.05, 3.63) is 77.1 Å². The second-order valence-electron chi connectivity index (χ2n) is 7.86. The first-order valence-electron chi connectivity index (χ1n) is 10.4. The number of amides is 1. The molecule has 1 aromatic carbocycles. The van der Waals surface area contributed by atoms with Gasteiger partial charge in [-0.2, -0.15) is 5.10 Å². The van der Waals surface area contributed by atoms with Gasteiger partial charge in [-0.05, 0) is 62.1 Å². The van der Waals surface area contributed by atoms with E-state index < -0.39 is 0 Å². The number of rotatable bonds is 4. The van der Waals surface area contributed by atoms with Crippen molar-refractivity contribution < 1.29 is 4.79 Å². The zero-order valence-electron chi connectivity index (χ0n) is 16.9. The third-order valence-corrected chi connectivity index (χ3v) is 5.84. The number of aromatic nitrogens is 5. The number of aromatic amines is 1. The van der Waals surface area contributed by atoms with Gasteiger partial charge in [-0.25, -0.2) is 9.67 Å². The van der Waals surface area contributed by atoms with Crippen LogP contribution < -0.4 is 10.9 Å². The molecular formula is C23H22N6O2. The van der Waals surface area contributed by atoms with Gasteiger partial charge in [0.25, 0.3) is 11.5 Å². The Bertz CT molecular complexity index is 1270. The highest BCUT2D eigenvalue weighted by Gasteiger charge is 2.25. The minimum atomic E-state index is -0.104. The van der Waals surface area contributed by atoms with Crippen LogP contribution in [-0.2, 0) is 0 Å². The van der Waals surface area contributed by atoms with Gasteiger partial charge in [-0.1, -0.05) is 0 Å². The maximum atomic E-state index is 12.7. The fourth-order valence-electron chi connectivity index (χ4n) is 4.17. The lowest BCUT2D eigenvalue weighted by Crippen LogP contribution is -2.39. The molecule has 1 saturated carbocycles. The molecule has 1 aliphatic carbocycles. The van der Waals surface area contributed by atoms with E-state index in [1.54, 1.807) is 41.6 Å². The second kappa shape index (κ2) is 8.14. The Morgan fingerprint density at radius 1 is 1.10 bits per heavy atom. The quantitative estimate of drug-likeness (QED) is 0.534. The molecule has 3 aromatic heterocycles. The predicted molar refractivity (Wildman–Crippen MR) is 117 cm³/mol. The maximum Gasteiger partial charge on any atom is 0.267 e. The molecule has 0 radical (unpaired) electrons. The van der Waals surface area contributed by atoms with Gasteiger partial charge in [0.05, 0.1) is 29.1 Å². The van der Waals surface area contributed by atoms with E-state index in [0.717, 1.165) is 48.0 Å². The van der Waals surface area contributed by atoms with Crippen molar-refractivity contribution in [2.75, 3.05) is 0 Å². The lowest BCUT2D eigenvalue weighted by Gasteiger charge is -2.29. The monoisotopic (exact) mass is 414 g/mol. The van der Waals surface area contributed by atoms with Crippen LogP contribution in [-0.4, -0.2) is 36.7 Å². The van der Waals surface area contributed by atoms with E-state index in [9.17, 15) is 9.59 Å². The molecule has 0 bridgehead atoms. The number of nitrogens with zero attached hydrogens (tertiary/aromatic N) is 4. The van der Waals surface area contributed by atoms with Gasteiger partial charge in [0, 0.05) is 35.6 Å². The lowest BCUT2D eigenvalue weighted by molar-refractivity contribution is 0.0921. The number of fused-ring (bicyclic) bond motifs is 1. The number of imidazole rings is 1. The van der Waals surface area contributed by atoms with Gasteiger partial charge >= 0.3 is 0 Å². The third kappa shape index (κ3) is 3.96. The number of benzene rings is 1. The van der Waals surface area contributed by atoms with Gasteiger partial charge in [0.2, 0.25) is 0 Å². The van der Waals surface area contributed by atoms with Gasteiger partial charge < -0.3 is 10.3 Å². The van der Waals surface area contributed by atoms with Gasteiger partial charge in [0.15, 0.2) is 0 Å². The number of pyridine rings is 1. The van der Waals surface area contributed by atoms with Crippen molar-refractivity contribution in [2.24, 2.45) is 0 Å². The molecule has 4 aromatic rings. The molecule has 1 fully saturated rings. The Morgan fingerprint density at radius 2 is 1.97 bits per heavy atom. The maximum absolute atomic E-state index is 12.7. The van der Waals surface area contributed by atoms with Crippen LogP contribution in [0.15, 0.2) is 66.0 Å². The number of hydrogen-bond acceptors (Lipinski definition) is 5. The number of nitrogens with one attached hydrogen (secondary N) is 2. The highest BCUT2D eigenvalue weighted by molar-refractivity contribution is 5.97. The molecule has 0 atom stereocenters. The van der Waals surface area contributed by atoms with Gasteiger partial charge in [0.1, 0.15) is 0 Å². The van der Waals surface area contributed by atoms with Crippen molar-refractivity contribution in [3.8, 4) is 11.3 Å². The SMILES string of the molecule is O=C(NC1CCC(n2nc(-c3cccnc3)ccc2=O)CC1)c1ccc2nc[nH]c2c1. The lowest BCUT2D eigenvalue weighted by atomic mass is 9.91. The van der Waals surface area contributed by atoms with E-state index in [0.29, 0.717) is 5.56 Å². The molecular weight excluding hydrogens is 392 g/mol. The van der Waals surface area contributed by atoms with Crippen LogP contribution in [0, 0.1) is 0 Å². The summed E-state index contributed by atoms with van der Waals surface area (Å²) in [7, 11) is 0. The Balaban J connectivity index is 1.25. The van der Waals surface area contributed by atoms with E-state index in [4.69, 9.17) is 0 Å². The average Bonchev–Trinajstić information content (AvgIpc) is 3.28.